The number of nitriles is 1. The lowest BCUT2D eigenvalue weighted by Gasteiger charge is -2.38. The Balaban J connectivity index is 1.67. The molecule has 1 fully saturated rings. The lowest BCUT2D eigenvalue weighted by Crippen LogP contribution is -2.52. The lowest BCUT2D eigenvalue weighted by molar-refractivity contribution is 0.0528. The lowest BCUT2D eigenvalue weighted by atomic mass is 10.1. The molecule has 1 aromatic carbocycles. The number of amides is 1. The van der Waals surface area contributed by atoms with Crippen LogP contribution in [-0.2, 0) is 0 Å². The van der Waals surface area contributed by atoms with E-state index in [9.17, 15) is 10.1 Å². The van der Waals surface area contributed by atoms with Crippen LogP contribution >= 0.6 is 0 Å². The molecule has 1 atom stereocenters. The maximum absolute atomic E-state index is 15.1. The molecule has 0 aliphatic carbocycles. The summed E-state index contributed by atoms with van der Waals surface area (Å²) in [7, 11) is 3.45. The van der Waals surface area contributed by atoms with E-state index in [1.807, 2.05) is 20.9 Å². The fourth-order valence-electron chi connectivity index (χ4n) is 4.17. The minimum atomic E-state index is -0.668. The molecule has 0 unspecified atom stereocenters. The number of ether oxygens (including phenoxy) is 1. The van der Waals surface area contributed by atoms with Gasteiger partial charge < -0.3 is 30.2 Å². The third-order valence-electron chi connectivity index (χ3n) is 5.85. The summed E-state index contributed by atoms with van der Waals surface area (Å²) in [6, 6.07) is 4.69. The molecule has 1 saturated heterocycles. The van der Waals surface area contributed by atoms with Crippen LogP contribution in [0, 0.1) is 17.1 Å². The molecule has 4 rings (SSSR count). The van der Waals surface area contributed by atoms with Gasteiger partial charge in [0.2, 0.25) is 5.95 Å². The maximum atomic E-state index is 15.1. The van der Waals surface area contributed by atoms with Gasteiger partial charge in [0.1, 0.15) is 29.1 Å². The van der Waals surface area contributed by atoms with Crippen LogP contribution in [0.1, 0.15) is 29.8 Å². The fourth-order valence-corrected chi connectivity index (χ4v) is 4.17. The second-order valence-corrected chi connectivity index (χ2v) is 8.23. The number of rotatable bonds is 6. The summed E-state index contributed by atoms with van der Waals surface area (Å²) < 4.78 is 20.6. The van der Waals surface area contributed by atoms with Crippen molar-refractivity contribution >= 4 is 34.4 Å². The number of fused-ring (bicyclic) bond motifs is 1. The van der Waals surface area contributed by atoms with Crippen LogP contribution in [0.3, 0.4) is 0 Å². The van der Waals surface area contributed by atoms with Gasteiger partial charge in [-0.05, 0) is 27.0 Å². The van der Waals surface area contributed by atoms with Gasteiger partial charge in [-0.15, -0.1) is 0 Å². The zero-order chi connectivity index (χ0) is 24.4. The van der Waals surface area contributed by atoms with Crippen molar-refractivity contribution in [3.8, 4) is 11.8 Å². The van der Waals surface area contributed by atoms with Gasteiger partial charge in [-0.2, -0.15) is 15.2 Å². The molecule has 1 aliphatic rings. The minimum Gasteiger partial charge on any atom is -0.495 e. The Labute approximate surface area is 196 Å². The summed E-state index contributed by atoms with van der Waals surface area (Å²) in [4.78, 5) is 28.7. The Hall–Kier alpha value is -3.91. The Morgan fingerprint density at radius 2 is 2.18 bits per heavy atom. The van der Waals surface area contributed by atoms with Crippen LogP contribution in [0.15, 0.2) is 18.3 Å². The number of carbonyl (C=O) groups is 1. The van der Waals surface area contributed by atoms with E-state index in [-0.39, 0.29) is 34.9 Å². The van der Waals surface area contributed by atoms with Gasteiger partial charge in [-0.3, -0.25) is 4.79 Å². The van der Waals surface area contributed by atoms with Crippen LogP contribution in [0.2, 0.25) is 0 Å². The molecular formula is C23H27FN8O2. The van der Waals surface area contributed by atoms with E-state index in [1.165, 1.54) is 19.2 Å². The highest BCUT2D eigenvalue weighted by atomic mass is 19.1. The number of hydrogen-bond acceptors (Lipinski definition) is 8. The fraction of sp³-hybridized carbons (Fsp3) is 0.391. The van der Waals surface area contributed by atoms with E-state index in [4.69, 9.17) is 4.74 Å². The number of nitrogens with zero attached hydrogens (tertiary/aromatic N) is 5. The number of halogens is 1. The number of aromatic nitrogens is 3. The van der Waals surface area contributed by atoms with Gasteiger partial charge in [0.05, 0.1) is 29.3 Å². The molecule has 178 valence electrons. The second-order valence-electron chi connectivity index (χ2n) is 8.23. The van der Waals surface area contributed by atoms with E-state index in [0.29, 0.717) is 35.5 Å². The first-order chi connectivity index (χ1) is 16.4. The summed E-state index contributed by atoms with van der Waals surface area (Å²) in [6.07, 6.45) is 1.56. The van der Waals surface area contributed by atoms with Gasteiger partial charge in [-0.1, -0.05) is 0 Å². The Morgan fingerprint density at radius 3 is 2.85 bits per heavy atom. The highest BCUT2D eigenvalue weighted by Crippen LogP contribution is 2.32. The average Bonchev–Trinajstić information content (AvgIpc) is 3.22. The van der Waals surface area contributed by atoms with Crippen LogP contribution in [0.25, 0.3) is 11.0 Å². The van der Waals surface area contributed by atoms with Crippen molar-refractivity contribution in [2.75, 3.05) is 51.0 Å². The van der Waals surface area contributed by atoms with E-state index in [2.05, 4.69) is 36.6 Å². The number of anilines is 3. The molecule has 3 aromatic rings. The van der Waals surface area contributed by atoms with Gasteiger partial charge in [0.15, 0.2) is 0 Å². The van der Waals surface area contributed by atoms with Crippen LogP contribution in [-0.4, -0.2) is 77.0 Å². The predicted octanol–water partition coefficient (Wildman–Crippen LogP) is 2.93. The maximum Gasteiger partial charge on any atom is 0.257 e. The van der Waals surface area contributed by atoms with Crippen LogP contribution in [0.4, 0.5) is 21.8 Å². The van der Waals surface area contributed by atoms with Crippen molar-refractivity contribution < 1.29 is 13.9 Å². The molecule has 1 aliphatic heterocycles. The van der Waals surface area contributed by atoms with E-state index < -0.39 is 5.82 Å². The number of piperazine rings is 1. The molecule has 2 aromatic heterocycles. The molecule has 10 nitrogen and oxygen atoms in total. The Bertz CT molecular complexity index is 1270. The molecule has 3 heterocycles. The third kappa shape index (κ3) is 4.32. The first-order valence-corrected chi connectivity index (χ1v) is 11.0. The number of methoxy groups -OCH3 is 1. The highest BCUT2D eigenvalue weighted by molar-refractivity contribution is 5.96. The summed E-state index contributed by atoms with van der Waals surface area (Å²) in [5, 5.41) is 16.0. The smallest absolute Gasteiger partial charge is 0.257 e. The normalized spacial score (nSPS) is 16.4. The van der Waals surface area contributed by atoms with Gasteiger partial charge in [-0.25, -0.2) is 4.39 Å². The molecule has 11 heteroatoms. The quantitative estimate of drug-likeness (QED) is 0.507. The Kier molecular flexibility index (Phi) is 6.51. The number of hydrogen-bond donors (Lipinski definition) is 3. The van der Waals surface area contributed by atoms with Gasteiger partial charge >= 0.3 is 0 Å². The molecular weight excluding hydrogens is 439 g/mol. The summed E-state index contributed by atoms with van der Waals surface area (Å²) in [5.41, 5.74) is 1.10. The van der Waals surface area contributed by atoms with Crippen LogP contribution in [0.5, 0.6) is 5.75 Å². The molecule has 0 saturated carbocycles. The summed E-state index contributed by atoms with van der Waals surface area (Å²) >= 11 is 0. The summed E-state index contributed by atoms with van der Waals surface area (Å²) in [5.74, 6) is -0.101. The number of benzene rings is 1. The highest BCUT2D eigenvalue weighted by Gasteiger charge is 2.29. The topological polar surface area (TPSA) is 122 Å². The van der Waals surface area contributed by atoms with Crippen molar-refractivity contribution in [1.82, 2.24) is 24.8 Å². The van der Waals surface area contributed by atoms with Crippen molar-refractivity contribution in [2.24, 2.45) is 0 Å². The zero-order valence-electron chi connectivity index (χ0n) is 19.6. The number of nitrogens with one attached hydrogen (secondary N) is 3. The monoisotopic (exact) mass is 466 g/mol. The molecule has 0 bridgehead atoms. The number of H-pyrrole nitrogens is 1. The van der Waals surface area contributed by atoms with Crippen molar-refractivity contribution in [3.63, 3.8) is 0 Å². The van der Waals surface area contributed by atoms with Crippen molar-refractivity contribution in [3.05, 3.63) is 35.3 Å². The standard InChI is InChI=1S/C23H27FN8O2/c1-5-26-20-19-14(10-25)11-27-21(19)30-23(29-20)28-17-9-16(24)15(8-18(17)34-4)22(33)32-7-6-31(3)12-13(32)2/h8-9,11,13H,5-7,12H2,1-4H3,(H3,26,27,28,29,30)/t13-/m1/s1. The first kappa shape index (κ1) is 23.3. The van der Waals surface area contributed by atoms with Crippen molar-refractivity contribution in [1.29, 1.82) is 5.26 Å². The zero-order valence-corrected chi connectivity index (χ0v) is 19.6. The minimum absolute atomic E-state index is 0.0295. The average molecular weight is 467 g/mol. The molecule has 34 heavy (non-hydrogen) atoms. The van der Waals surface area contributed by atoms with E-state index in [0.717, 1.165) is 13.1 Å². The SMILES string of the molecule is CCNc1nc(Nc2cc(F)c(C(=O)N3CCN(C)C[C@H]3C)cc2OC)nc2[nH]cc(C#N)c12. The Morgan fingerprint density at radius 1 is 1.38 bits per heavy atom. The third-order valence-corrected chi connectivity index (χ3v) is 5.85. The van der Waals surface area contributed by atoms with Gasteiger partial charge in [0.25, 0.3) is 5.91 Å². The largest absolute Gasteiger partial charge is 0.495 e. The second kappa shape index (κ2) is 9.52. The summed E-state index contributed by atoms with van der Waals surface area (Å²) in [6.45, 7) is 6.43. The van der Waals surface area contributed by atoms with E-state index >= 15 is 4.39 Å². The number of carbonyl (C=O) groups excluding carboxylic acids is 1. The first-order valence-electron chi connectivity index (χ1n) is 11.0. The van der Waals surface area contributed by atoms with E-state index in [1.54, 1.807) is 11.1 Å². The number of likely N-dealkylation sites (N-methyl/N-ethyl adjacent to an activating group) is 1. The number of aromatic amines is 1. The predicted molar refractivity (Wildman–Crippen MR) is 127 cm³/mol. The van der Waals surface area contributed by atoms with Gasteiger partial charge in [0, 0.05) is 44.5 Å². The molecule has 0 spiro atoms. The van der Waals surface area contributed by atoms with Crippen LogP contribution < -0.4 is 15.4 Å². The molecule has 0 radical (unpaired) electrons. The van der Waals surface area contributed by atoms with Crippen molar-refractivity contribution in [2.45, 2.75) is 19.9 Å². The molecule has 1 amide bonds. The molecule has 3 N–H and O–H groups in total.